The second kappa shape index (κ2) is 9.13. The molecule has 144 valence electrons. The van der Waals surface area contributed by atoms with Crippen molar-refractivity contribution in [2.24, 2.45) is 0 Å². The van der Waals surface area contributed by atoms with Gasteiger partial charge in [-0.3, -0.25) is 14.9 Å². The third-order valence-corrected chi connectivity index (χ3v) is 3.78. The minimum atomic E-state index is -2.97. The highest BCUT2D eigenvalue weighted by Gasteiger charge is 2.20. The number of rotatable bonds is 8. The second-order valence-electron chi connectivity index (χ2n) is 5.29. The number of nitrogens with zero attached hydrogens (tertiary/aromatic N) is 1. The number of ether oxygens (including phenoxy) is 2. The Morgan fingerprint density at radius 1 is 1.26 bits per heavy atom. The number of benzene rings is 2. The maximum Gasteiger partial charge on any atom is 0.387 e. The van der Waals surface area contributed by atoms with Crippen LogP contribution in [0, 0.1) is 10.1 Å². The van der Waals surface area contributed by atoms with Crippen LogP contribution in [0.5, 0.6) is 11.5 Å². The molecular formula is C17H15ClF2N2O5. The van der Waals surface area contributed by atoms with Crippen LogP contribution in [0.4, 0.5) is 14.5 Å². The van der Waals surface area contributed by atoms with E-state index in [1.54, 1.807) is 6.07 Å². The Hall–Kier alpha value is -2.94. The maximum atomic E-state index is 12.3. The Bertz CT molecular complexity index is 848. The topological polar surface area (TPSA) is 90.7 Å². The largest absolute Gasteiger partial charge is 0.493 e. The summed E-state index contributed by atoms with van der Waals surface area (Å²) in [5.74, 6) is -0.617. The standard InChI is InChI=1S/C17H15ClF2N2O5/c1-26-15-8-10(2-5-14(15)27-17(19)20)6-7-21-16(23)12-9-11(18)3-4-13(12)22(24)25/h2-5,8-9,17H,6-7H2,1H3,(H,21,23). The van der Waals surface area contributed by atoms with Crippen LogP contribution < -0.4 is 14.8 Å². The number of halogens is 3. The van der Waals surface area contributed by atoms with Crippen molar-refractivity contribution in [3.05, 3.63) is 62.7 Å². The van der Waals surface area contributed by atoms with Crippen molar-refractivity contribution in [3.8, 4) is 11.5 Å². The molecule has 0 saturated carbocycles. The lowest BCUT2D eigenvalue weighted by Gasteiger charge is -2.12. The number of nitrogens with one attached hydrogen (secondary N) is 1. The molecule has 2 aromatic carbocycles. The van der Waals surface area contributed by atoms with Gasteiger partial charge in [-0.25, -0.2) is 0 Å². The Labute approximate surface area is 158 Å². The molecule has 0 radical (unpaired) electrons. The van der Waals surface area contributed by atoms with Crippen molar-refractivity contribution in [2.45, 2.75) is 13.0 Å². The molecule has 0 aliphatic heterocycles. The molecule has 2 aromatic rings. The Morgan fingerprint density at radius 2 is 2.00 bits per heavy atom. The van der Waals surface area contributed by atoms with Crippen LogP contribution in [0.3, 0.4) is 0 Å². The van der Waals surface area contributed by atoms with Crippen LogP contribution in [0.1, 0.15) is 15.9 Å². The van der Waals surface area contributed by atoms with Crippen molar-refractivity contribution >= 4 is 23.2 Å². The number of carbonyl (C=O) groups excluding carboxylic acids is 1. The SMILES string of the molecule is COc1cc(CCNC(=O)c2cc(Cl)ccc2[N+](=O)[O-])ccc1OC(F)F. The molecule has 0 spiro atoms. The lowest BCUT2D eigenvalue weighted by Crippen LogP contribution is -2.26. The molecular weight excluding hydrogens is 386 g/mol. The first kappa shape index (κ1) is 20.4. The number of nitro groups is 1. The summed E-state index contributed by atoms with van der Waals surface area (Å²) in [6, 6.07) is 8.09. The van der Waals surface area contributed by atoms with Gasteiger partial charge in [0, 0.05) is 17.6 Å². The van der Waals surface area contributed by atoms with Gasteiger partial charge in [0.25, 0.3) is 11.6 Å². The number of nitro benzene ring substituents is 1. The van der Waals surface area contributed by atoms with Crippen LogP contribution >= 0.6 is 11.6 Å². The van der Waals surface area contributed by atoms with E-state index in [1.807, 2.05) is 0 Å². The molecule has 1 N–H and O–H groups in total. The van der Waals surface area contributed by atoms with Gasteiger partial charge in [-0.2, -0.15) is 8.78 Å². The van der Waals surface area contributed by atoms with Crippen LogP contribution in [-0.2, 0) is 6.42 Å². The first-order chi connectivity index (χ1) is 12.8. The number of carbonyl (C=O) groups is 1. The average molecular weight is 401 g/mol. The molecule has 27 heavy (non-hydrogen) atoms. The van der Waals surface area contributed by atoms with Crippen LogP contribution in [0.25, 0.3) is 0 Å². The van der Waals surface area contributed by atoms with Crippen molar-refractivity contribution in [1.82, 2.24) is 5.32 Å². The summed E-state index contributed by atoms with van der Waals surface area (Å²) >= 11 is 5.80. The van der Waals surface area contributed by atoms with Gasteiger partial charge in [0.2, 0.25) is 0 Å². The van der Waals surface area contributed by atoms with Crippen molar-refractivity contribution in [2.75, 3.05) is 13.7 Å². The van der Waals surface area contributed by atoms with Crippen LogP contribution in [-0.4, -0.2) is 31.1 Å². The summed E-state index contributed by atoms with van der Waals surface area (Å²) in [6.45, 7) is -2.82. The van der Waals surface area contributed by atoms with Gasteiger partial charge in [-0.1, -0.05) is 17.7 Å². The van der Waals surface area contributed by atoms with Crippen molar-refractivity contribution in [1.29, 1.82) is 0 Å². The van der Waals surface area contributed by atoms with E-state index < -0.39 is 17.4 Å². The molecule has 0 atom stereocenters. The fourth-order valence-corrected chi connectivity index (χ4v) is 2.50. The quantitative estimate of drug-likeness (QED) is 0.537. The molecule has 10 heteroatoms. The third-order valence-electron chi connectivity index (χ3n) is 3.54. The molecule has 0 aliphatic carbocycles. The van der Waals surface area contributed by atoms with Gasteiger partial charge < -0.3 is 14.8 Å². The number of amides is 1. The number of hydrogen-bond acceptors (Lipinski definition) is 5. The molecule has 1 amide bonds. The zero-order valence-electron chi connectivity index (χ0n) is 14.1. The van der Waals surface area contributed by atoms with E-state index in [0.29, 0.717) is 12.0 Å². The molecule has 0 unspecified atom stereocenters. The Balaban J connectivity index is 2.03. The third kappa shape index (κ3) is 5.52. The molecule has 0 saturated heterocycles. The second-order valence-corrected chi connectivity index (χ2v) is 5.72. The fourth-order valence-electron chi connectivity index (χ4n) is 2.33. The van der Waals surface area contributed by atoms with Gasteiger partial charge in [0.15, 0.2) is 11.5 Å². The predicted molar refractivity (Wildman–Crippen MR) is 93.8 cm³/mol. The predicted octanol–water partition coefficient (Wildman–Crippen LogP) is 3.83. The normalized spacial score (nSPS) is 10.6. The zero-order valence-corrected chi connectivity index (χ0v) is 14.8. The Morgan fingerprint density at radius 3 is 2.63 bits per heavy atom. The van der Waals surface area contributed by atoms with E-state index in [4.69, 9.17) is 16.3 Å². The highest BCUT2D eigenvalue weighted by Crippen LogP contribution is 2.29. The lowest BCUT2D eigenvalue weighted by atomic mass is 10.1. The van der Waals surface area contributed by atoms with Gasteiger partial charge >= 0.3 is 6.61 Å². The minimum Gasteiger partial charge on any atom is -0.493 e. The summed E-state index contributed by atoms with van der Waals surface area (Å²) in [7, 11) is 1.32. The zero-order chi connectivity index (χ0) is 20.0. The summed E-state index contributed by atoms with van der Waals surface area (Å²) in [4.78, 5) is 22.6. The first-order valence-corrected chi connectivity index (χ1v) is 8.03. The van der Waals surface area contributed by atoms with E-state index in [-0.39, 0.29) is 34.3 Å². The van der Waals surface area contributed by atoms with Gasteiger partial charge in [-0.05, 0) is 36.2 Å². The molecule has 0 bridgehead atoms. The van der Waals surface area contributed by atoms with Gasteiger partial charge in [0.05, 0.1) is 12.0 Å². The molecule has 0 fully saturated rings. The van der Waals surface area contributed by atoms with E-state index in [9.17, 15) is 23.7 Å². The van der Waals surface area contributed by atoms with E-state index >= 15 is 0 Å². The number of alkyl halides is 2. The Kier molecular flexibility index (Phi) is 6.89. The number of hydrogen-bond donors (Lipinski definition) is 1. The maximum absolute atomic E-state index is 12.3. The van der Waals surface area contributed by atoms with Gasteiger partial charge in [-0.15, -0.1) is 0 Å². The summed E-state index contributed by atoms with van der Waals surface area (Å²) in [5, 5.41) is 13.8. The summed E-state index contributed by atoms with van der Waals surface area (Å²) < 4.78 is 34.0. The van der Waals surface area contributed by atoms with E-state index in [0.717, 1.165) is 6.07 Å². The summed E-state index contributed by atoms with van der Waals surface area (Å²) in [5.41, 5.74) is 0.187. The molecule has 0 aliphatic rings. The van der Waals surface area contributed by atoms with Crippen molar-refractivity contribution < 1.29 is 28.0 Å². The highest BCUT2D eigenvalue weighted by atomic mass is 35.5. The molecule has 0 aromatic heterocycles. The highest BCUT2D eigenvalue weighted by molar-refractivity contribution is 6.31. The van der Waals surface area contributed by atoms with E-state index in [1.165, 1.54) is 31.4 Å². The minimum absolute atomic E-state index is 0.102. The monoisotopic (exact) mass is 400 g/mol. The smallest absolute Gasteiger partial charge is 0.387 e. The molecule has 0 heterocycles. The van der Waals surface area contributed by atoms with E-state index in [2.05, 4.69) is 10.1 Å². The molecule has 2 rings (SSSR count). The molecule has 7 nitrogen and oxygen atoms in total. The summed E-state index contributed by atoms with van der Waals surface area (Å²) in [6.07, 6.45) is 0.339. The average Bonchev–Trinajstić information content (AvgIpc) is 2.61. The fraction of sp³-hybridized carbons (Fsp3) is 0.235. The first-order valence-electron chi connectivity index (χ1n) is 7.65. The number of methoxy groups -OCH3 is 1. The van der Waals surface area contributed by atoms with Crippen LogP contribution in [0.2, 0.25) is 5.02 Å². The van der Waals surface area contributed by atoms with Crippen molar-refractivity contribution in [3.63, 3.8) is 0 Å². The van der Waals surface area contributed by atoms with Gasteiger partial charge in [0.1, 0.15) is 5.56 Å². The lowest BCUT2D eigenvalue weighted by molar-refractivity contribution is -0.385. The van der Waals surface area contributed by atoms with Crippen LogP contribution in [0.15, 0.2) is 36.4 Å².